The maximum atomic E-state index is 12.8. The molecule has 0 heterocycles. The van der Waals surface area contributed by atoms with E-state index in [1.165, 1.54) is 135 Å². The smallest absolute Gasteiger partial charge is 0.457 e. The lowest BCUT2D eigenvalue weighted by Crippen LogP contribution is -2.64. The van der Waals surface area contributed by atoms with E-state index in [1.54, 1.807) is 0 Å². The molecule has 1 aliphatic rings. The van der Waals surface area contributed by atoms with Gasteiger partial charge in [0, 0.05) is 13.0 Å². The van der Waals surface area contributed by atoms with Gasteiger partial charge in [-0.3, -0.25) is 13.8 Å². The average molecular weight is 931 g/mol. The number of carbonyl (C=O) groups excluding carboxylic acids is 1. The Morgan fingerprint density at radius 3 is 1.36 bits per heavy atom. The van der Waals surface area contributed by atoms with Crippen LogP contribution in [0.5, 0.6) is 0 Å². The van der Waals surface area contributed by atoms with Crippen molar-refractivity contribution in [3.05, 3.63) is 36.5 Å². The second-order valence-electron chi connectivity index (χ2n) is 18.0. The summed E-state index contributed by atoms with van der Waals surface area (Å²) in [6.07, 6.45) is 37.8. The maximum Gasteiger partial charge on any atom is 0.472 e. The fourth-order valence-electron chi connectivity index (χ4n) is 7.85. The zero-order valence-corrected chi connectivity index (χ0v) is 41.2. The molecule has 0 amide bonds. The highest BCUT2D eigenvalue weighted by Gasteiger charge is 2.51. The van der Waals surface area contributed by atoms with Gasteiger partial charge in [0.05, 0.1) is 13.2 Å². The Labute approximate surface area is 389 Å². The van der Waals surface area contributed by atoms with Crippen molar-refractivity contribution in [2.45, 2.75) is 262 Å². The number of phosphoric acid groups is 1. The molecule has 0 aromatic carbocycles. The first kappa shape index (κ1) is 60.6. The van der Waals surface area contributed by atoms with Gasteiger partial charge in [-0.15, -0.1) is 0 Å². The normalized spacial score (nSPS) is 21.9. The van der Waals surface area contributed by atoms with Crippen molar-refractivity contribution in [1.82, 2.24) is 0 Å². The van der Waals surface area contributed by atoms with E-state index in [1.807, 2.05) is 0 Å². The first-order chi connectivity index (χ1) is 31.0. The van der Waals surface area contributed by atoms with Crippen molar-refractivity contribution < 1.29 is 58.3 Å². The zero-order valence-electron chi connectivity index (χ0n) is 40.3. The zero-order chi connectivity index (χ0) is 46.9. The van der Waals surface area contributed by atoms with Gasteiger partial charge in [-0.2, -0.15) is 0 Å². The van der Waals surface area contributed by atoms with Gasteiger partial charge >= 0.3 is 13.8 Å². The van der Waals surface area contributed by atoms with Gasteiger partial charge in [-0.25, -0.2) is 4.57 Å². The Kier molecular flexibility index (Phi) is 39.5. The number of rotatable bonds is 44. The topological polar surface area (TPSA) is 192 Å². The third-order valence-corrected chi connectivity index (χ3v) is 13.0. The molecule has 0 radical (unpaired) electrons. The highest BCUT2D eigenvalue weighted by Crippen LogP contribution is 2.47. The number of aliphatic hydroxyl groups is 5. The van der Waals surface area contributed by atoms with Crippen molar-refractivity contribution in [3.8, 4) is 0 Å². The molecule has 1 fully saturated rings. The van der Waals surface area contributed by atoms with Crippen LogP contribution in [0.2, 0.25) is 0 Å². The monoisotopic (exact) mass is 931 g/mol. The molecular formula is C51H95O12P. The number of phosphoric ester groups is 1. The van der Waals surface area contributed by atoms with Crippen LogP contribution in [0.3, 0.4) is 0 Å². The van der Waals surface area contributed by atoms with Crippen LogP contribution in [-0.4, -0.2) is 98.9 Å². The molecule has 6 unspecified atom stereocenters. The molecule has 1 rings (SSSR count). The molecule has 13 heteroatoms. The van der Waals surface area contributed by atoms with Crippen molar-refractivity contribution in [2.75, 3.05) is 19.8 Å². The van der Waals surface area contributed by atoms with E-state index in [0.717, 1.165) is 57.8 Å². The molecule has 0 aliphatic heterocycles. The number of aliphatic hydroxyl groups excluding tert-OH is 5. The number of esters is 1. The molecule has 376 valence electrons. The SMILES string of the molecule is CCCCC/C=C\C/C=C\CCCCCCCCCC(=O)OC(COCCCCCCCCCCCC/C=C\CCCCCCCC)COP(=O)(O)OC1C(O)C(O)C(O)C(O)C1O. The van der Waals surface area contributed by atoms with E-state index in [2.05, 4.69) is 50.3 Å². The fourth-order valence-corrected chi connectivity index (χ4v) is 8.82. The van der Waals surface area contributed by atoms with Crippen molar-refractivity contribution in [2.24, 2.45) is 0 Å². The summed E-state index contributed by atoms with van der Waals surface area (Å²) in [4.78, 5) is 23.2. The standard InChI is InChI=1S/C51H95O12P/c1-3-5-7-9-11-13-15-17-19-21-22-23-25-27-29-31-33-35-37-39-41-60-42-44(43-61-64(58,59)63-51-49(56)47(54)46(53)48(55)50(51)57)62-45(52)40-38-36-34-32-30-28-26-24-20-18-16-14-12-10-8-6-4-2/h12,14,17-20,44,46-51,53-57H,3-11,13,15-16,21-43H2,1-2H3,(H,58,59)/b14-12-,19-17-,20-18-. The van der Waals surface area contributed by atoms with Crippen LogP contribution in [0.4, 0.5) is 0 Å². The summed E-state index contributed by atoms with van der Waals surface area (Å²) in [6, 6.07) is 0. The summed E-state index contributed by atoms with van der Waals surface area (Å²) in [5.74, 6) is -0.484. The van der Waals surface area contributed by atoms with Gasteiger partial charge in [0.2, 0.25) is 0 Å². The van der Waals surface area contributed by atoms with Crippen LogP contribution in [0.1, 0.15) is 219 Å². The Balaban J connectivity index is 2.34. The number of allylic oxidation sites excluding steroid dienone is 6. The molecule has 6 atom stereocenters. The molecule has 0 spiro atoms. The average Bonchev–Trinajstić information content (AvgIpc) is 3.28. The first-order valence-corrected chi connectivity index (χ1v) is 27.3. The third-order valence-electron chi connectivity index (χ3n) is 12.0. The number of unbranched alkanes of at least 4 members (excludes halogenated alkanes) is 26. The molecule has 0 aromatic heterocycles. The second-order valence-corrected chi connectivity index (χ2v) is 19.4. The van der Waals surface area contributed by atoms with E-state index in [-0.39, 0.29) is 13.0 Å². The fraction of sp³-hybridized carbons (Fsp3) is 0.863. The van der Waals surface area contributed by atoms with Gasteiger partial charge in [0.1, 0.15) is 42.7 Å². The Morgan fingerprint density at radius 2 is 0.875 bits per heavy atom. The lowest BCUT2D eigenvalue weighted by molar-refractivity contribution is -0.220. The van der Waals surface area contributed by atoms with Crippen LogP contribution in [0, 0.1) is 0 Å². The lowest BCUT2D eigenvalue weighted by Gasteiger charge is -2.41. The largest absolute Gasteiger partial charge is 0.472 e. The molecule has 0 saturated heterocycles. The Bertz CT molecular complexity index is 1200. The number of ether oxygens (including phenoxy) is 2. The van der Waals surface area contributed by atoms with E-state index < -0.39 is 63.1 Å². The van der Waals surface area contributed by atoms with Gasteiger partial charge < -0.3 is 39.9 Å². The molecule has 1 saturated carbocycles. The molecule has 1 aliphatic carbocycles. The second kappa shape index (κ2) is 41.7. The summed E-state index contributed by atoms with van der Waals surface area (Å²) in [5.41, 5.74) is 0. The summed E-state index contributed by atoms with van der Waals surface area (Å²) >= 11 is 0. The van der Waals surface area contributed by atoms with Crippen molar-refractivity contribution in [3.63, 3.8) is 0 Å². The van der Waals surface area contributed by atoms with Crippen LogP contribution in [-0.2, 0) is 27.9 Å². The number of hydrogen-bond acceptors (Lipinski definition) is 11. The minimum absolute atomic E-state index is 0.0795. The molecule has 12 nitrogen and oxygen atoms in total. The van der Waals surface area contributed by atoms with E-state index in [0.29, 0.717) is 13.0 Å². The number of carbonyl (C=O) groups is 1. The van der Waals surface area contributed by atoms with Gasteiger partial charge in [-0.1, -0.05) is 179 Å². The molecular weight excluding hydrogens is 836 g/mol. The predicted molar refractivity (Wildman–Crippen MR) is 258 cm³/mol. The van der Waals surface area contributed by atoms with Crippen molar-refractivity contribution >= 4 is 13.8 Å². The minimum atomic E-state index is -5.02. The van der Waals surface area contributed by atoms with E-state index in [4.69, 9.17) is 18.5 Å². The third kappa shape index (κ3) is 33.1. The lowest BCUT2D eigenvalue weighted by atomic mass is 9.85. The summed E-state index contributed by atoms with van der Waals surface area (Å²) in [5, 5.41) is 50.3. The molecule has 6 N–H and O–H groups in total. The highest BCUT2D eigenvalue weighted by molar-refractivity contribution is 7.47. The number of hydrogen-bond donors (Lipinski definition) is 6. The van der Waals surface area contributed by atoms with E-state index >= 15 is 0 Å². The maximum absolute atomic E-state index is 12.8. The first-order valence-electron chi connectivity index (χ1n) is 25.8. The molecule has 64 heavy (non-hydrogen) atoms. The van der Waals surface area contributed by atoms with Crippen LogP contribution < -0.4 is 0 Å². The summed E-state index contributed by atoms with van der Waals surface area (Å²) in [7, 11) is -5.02. The quantitative estimate of drug-likeness (QED) is 0.0147. The van der Waals surface area contributed by atoms with Gasteiger partial charge in [0.15, 0.2) is 0 Å². The van der Waals surface area contributed by atoms with Crippen LogP contribution >= 0.6 is 7.82 Å². The molecule has 0 aromatic rings. The van der Waals surface area contributed by atoms with Crippen molar-refractivity contribution in [1.29, 1.82) is 0 Å². The van der Waals surface area contributed by atoms with Crippen LogP contribution in [0.15, 0.2) is 36.5 Å². The predicted octanol–water partition coefficient (Wildman–Crippen LogP) is 11.4. The minimum Gasteiger partial charge on any atom is -0.457 e. The van der Waals surface area contributed by atoms with E-state index in [9.17, 15) is 39.8 Å². The highest BCUT2D eigenvalue weighted by atomic mass is 31.2. The Hall–Kier alpha value is -1.44. The summed E-state index contributed by atoms with van der Waals surface area (Å²) in [6.45, 7) is 4.24. The van der Waals surface area contributed by atoms with Crippen LogP contribution in [0.25, 0.3) is 0 Å². The van der Waals surface area contributed by atoms with Gasteiger partial charge in [-0.05, 0) is 70.6 Å². The molecule has 0 bridgehead atoms. The summed E-state index contributed by atoms with van der Waals surface area (Å²) < 4.78 is 34.3. The Morgan fingerprint density at radius 1 is 0.500 bits per heavy atom. The van der Waals surface area contributed by atoms with Gasteiger partial charge in [0.25, 0.3) is 0 Å².